The summed E-state index contributed by atoms with van der Waals surface area (Å²) in [7, 11) is -0.592. The fraction of sp³-hybridized carbons (Fsp3) is 1.00. The normalized spacial score (nSPS) is 27.9. The Bertz CT molecular complexity index is 259. The molecule has 122 valence electrons. The van der Waals surface area contributed by atoms with Crippen molar-refractivity contribution in [3.8, 4) is 0 Å². The molecule has 0 saturated heterocycles. The maximum Gasteiger partial charge on any atom is 0.199 e. The minimum absolute atomic E-state index is 0.308. The van der Waals surface area contributed by atoms with Crippen LogP contribution in [0.25, 0.3) is 0 Å². The van der Waals surface area contributed by atoms with Gasteiger partial charge in [-0.1, -0.05) is 19.3 Å². The standard InChI is InChI=1S/C18H35BIP/c20-19-21(16-10-4-1-5-11-16,17-12-6-2-7-13-17)18-14-8-3-9-15-18/h16-18H,1-15,19H2. The molecule has 0 radical (unpaired) electrons. The van der Waals surface area contributed by atoms with E-state index in [1.54, 1.807) is 96.3 Å². The van der Waals surface area contributed by atoms with E-state index in [0.717, 1.165) is 0 Å². The molecule has 0 nitrogen and oxygen atoms in total. The SMILES string of the molecule is I[BH2-][P+](C1CCCCC1)(C1CCCCC1)C1CCCCC1. The van der Waals surface area contributed by atoms with Crippen molar-refractivity contribution >= 4 is 34.4 Å². The number of halogens is 1. The maximum absolute atomic E-state index is 2.98. The lowest BCUT2D eigenvalue weighted by Gasteiger charge is -2.54. The van der Waals surface area contributed by atoms with Gasteiger partial charge in [-0.25, -0.2) is 0 Å². The lowest BCUT2D eigenvalue weighted by Crippen LogP contribution is -2.37. The highest BCUT2D eigenvalue weighted by molar-refractivity contribution is 14.1. The average Bonchev–Trinajstić information content (AvgIpc) is 2.59. The van der Waals surface area contributed by atoms with Gasteiger partial charge in [0.05, 0.1) is 0 Å². The molecule has 0 unspecified atom stereocenters. The summed E-state index contributed by atoms with van der Waals surface area (Å²) < 4.78 is 0. The molecule has 0 bridgehead atoms. The first-order valence-electron chi connectivity index (χ1n) is 10.0. The molecule has 0 heterocycles. The first-order valence-corrected chi connectivity index (χ1v) is 14.7. The molecule has 3 aliphatic rings. The van der Waals surface area contributed by atoms with E-state index < -0.39 is 7.14 Å². The summed E-state index contributed by atoms with van der Waals surface area (Å²) in [6, 6.07) is 0. The van der Waals surface area contributed by atoms with Gasteiger partial charge >= 0.3 is 0 Å². The zero-order valence-electron chi connectivity index (χ0n) is 14.2. The summed E-state index contributed by atoms with van der Waals surface area (Å²) in [4.78, 5) is 0.308. The van der Waals surface area contributed by atoms with Crippen LogP contribution in [-0.4, -0.2) is 21.8 Å². The van der Waals surface area contributed by atoms with E-state index >= 15 is 0 Å². The van der Waals surface area contributed by atoms with E-state index in [4.69, 9.17) is 0 Å². The zero-order valence-corrected chi connectivity index (χ0v) is 17.2. The topological polar surface area (TPSA) is 0 Å². The smallest absolute Gasteiger partial charge is 0.199 e. The van der Waals surface area contributed by atoms with Gasteiger partial charge in [-0.15, -0.1) is 7.14 Å². The average molecular weight is 420 g/mol. The number of hydrogen-bond donors (Lipinski definition) is 0. The van der Waals surface area contributed by atoms with Crippen LogP contribution in [0.1, 0.15) is 96.3 Å². The van der Waals surface area contributed by atoms with Crippen LogP contribution < -0.4 is 0 Å². The molecule has 3 fully saturated rings. The van der Waals surface area contributed by atoms with Crippen molar-refractivity contribution in [1.82, 2.24) is 0 Å². The molecule has 0 aromatic rings. The van der Waals surface area contributed by atoms with E-state index in [1.165, 1.54) is 17.0 Å². The van der Waals surface area contributed by atoms with Gasteiger partial charge in [-0.3, -0.25) is 0 Å². The molecular weight excluding hydrogens is 385 g/mol. The molecule has 0 aliphatic heterocycles. The van der Waals surface area contributed by atoms with Crippen LogP contribution in [0.2, 0.25) is 0 Å². The molecule has 3 heteroatoms. The van der Waals surface area contributed by atoms with Crippen LogP contribution in [0.3, 0.4) is 0 Å². The van der Waals surface area contributed by atoms with Gasteiger partial charge in [0, 0.05) is 17.0 Å². The minimum atomic E-state index is -0.592. The lowest BCUT2D eigenvalue weighted by molar-refractivity contribution is 0.457. The Labute approximate surface area is 147 Å². The van der Waals surface area contributed by atoms with Crippen molar-refractivity contribution in [3.63, 3.8) is 0 Å². The Kier molecular flexibility index (Phi) is 6.79. The minimum Gasteiger partial charge on any atom is -0.302 e. The second kappa shape index (κ2) is 8.36. The summed E-state index contributed by atoms with van der Waals surface area (Å²) in [5, 5.41) is 0. The summed E-state index contributed by atoms with van der Waals surface area (Å²) in [6.45, 7) is 0. The van der Waals surface area contributed by atoms with Crippen LogP contribution in [-0.2, 0) is 0 Å². The first kappa shape index (κ1) is 17.1. The van der Waals surface area contributed by atoms with Gasteiger partial charge in [0.2, 0.25) is 0 Å². The van der Waals surface area contributed by atoms with Gasteiger partial charge < -0.3 is 22.4 Å². The van der Waals surface area contributed by atoms with Gasteiger partial charge in [0.15, 0.2) is 4.86 Å². The van der Waals surface area contributed by atoms with Crippen LogP contribution >= 0.6 is 29.5 Å². The predicted molar refractivity (Wildman–Crippen MR) is 110 cm³/mol. The number of rotatable bonds is 4. The largest absolute Gasteiger partial charge is 0.302 e. The van der Waals surface area contributed by atoms with Crippen molar-refractivity contribution in [2.24, 2.45) is 0 Å². The second-order valence-corrected chi connectivity index (χ2v) is 16.1. The van der Waals surface area contributed by atoms with Crippen LogP contribution in [0.15, 0.2) is 0 Å². The number of hydrogen-bond acceptors (Lipinski definition) is 0. The van der Waals surface area contributed by atoms with Crippen molar-refractivity contribution in [2.75, 3.05) is 0 Å². The highest BCUT2D eigenvalue weighted by atomic mass is 127. The molecule has 3 rings (SSSR count). The van der Waals surface area contributed by atoms with Gasteiger partial charge in [-0.05, 0) is 77.0 Å². The Morgan fingerprint density at radius 3 is 1.05 bits per heavy atom. The summed E-state index contributed by atoms with van der Waals surface area (Å²) in [5.74, 6) is 0. The zero-order chi connectivity index (χ0) is 14.5. The van der Waals surface area contributed by atoms with E-state index in [0.29, 0.717) is 4.86 Å². The molecule has 21 heavy (non-hydrogen) atoms. The fourth-order valence-electron chi connectivity index (χ4n) is 6.22. The first-order chi connectivity index (χ1) is 10.4. The Balaban J connectivity index is 1.85. The van der Waals surface area contributed by atoms with Crippen LogP contribution in [0, 0.1) is 0 Å². The van der Waals surface area contributed by atoms with Crippen molar-refractivity contribution in [2.45, 2.75) is 113 Å². The molecule has 0 atom stereocenters. The molecule has 0 spiro atoms. The summed E-state index contributed by atoms with van der Waals surface area (Å²) >= 11 is 2.98. The van der Waals surface area contributed by atoms with E-state index in [9.17, 15) is 0 Å². The van der Waals surface area contributed by atoms with E-state index in [-0.39, 0.29) is 0 Å². The molecule has 3 saturated carbocycles. The monoisotopic (exact) mass is 420 g/mol. The molecule has 3 aliphatic carbocycles. The van der Waals surface area contributed by atoms with Gasteiger partial charge in [-0.2, -0.15) is 0 Å². The van der Waals surface area contributed by atoms with Crippen LogP contribution in [0.4, 0.5) is 0 Å². The van der Waals surface area contributed by atoms with Crippen LogP contribution in [0.5, 0.6) is 0 Å². The molecular formula is C18H35BIP. The highest BCUT2D eigenvalue weighted by Gasteiger charge is 2.50. The second-order valence-electron chi connectivity index (χ2n) is 8.27. The van der Waals surface area contributed by atoms with Crippen molar-refractivity contribution < 1.29 is 0 Å². The van der Waals surface area contributed by atoms with Gasteiger partial charge in [0.25, 0.3) is 0 Å². The molecule has 0 aromatic carbocycles. The quantitative estimate of drug-likeness (QED) is 0.279. The fourth-order valence-corrected chi connectivity index (χ4v) is 20.4. The third-order valence-corrected chi connectivity index (χ3v) is 19.2. The van der Waals surface area contributed by atoms with Crippen molar-refractivity contribution in [3.05, 3.63) is 0 Å². The lowest BCUT2D eigenvalue weighted by atomic mass is 9.98. The third kappa shape index (κ3) is 3.67. The summed E-state index contributed by atoms with van der Waals surface area (Å²) in [6.07, 6.45) is 24.0. The highest BCUT2D eigenvalue weighted by Crippen LogP contribution is 2.76. The molecule has 0 amide bonds. The van der Waals surface area contributed by atoms with E-state index in [1.807, 2.05) is 0 Å². The van der Waals surface area contributed by atoms with Crippen molar-refractivity contribution in [1.29, 1.82) is 0 Å². The molecule has 0 N–H and O–H groups in total. The summed E-state index contributed by atoms with van der Waals surface area (Å²) in [5.41, 5.74) is 3.73. The van der Waals surface area contributed by atoms with E-state index in [2.05, 4.69) is 22.4 Å². The third-order valence-electron chi connectivity index (χ3n) is 7.38. The Hall–Kier alpha value is 1.22. The Morgan fingerprint density at radius 1 is 0.524 bits per heavy atom. The molecule has 0 aromatic heterocycles. The Morgan fingerprint density at radius 2 is 0.810 bits per heavy atom. The van der Waals surface area contributed by atoms with Gasteiger partial charge in [0.1, 0.15) is 0 Å². The predicted octanol–water partition coefficient (Wildman–Crippen LogP) is 6.44. The maximum atomic E-state index is 2.98.